The molecule has 0 aliphatic rings. The molecular formula is C10H17NO4S. The Morgan fingerprint density at radius 3 is 1.75 bits per heavy atom. The fourth-order valence-corrected chi connectivity index (χ4v) is 0.941. The van der Waals surface area contributed by atoms with Gasteiger partial charge in [-0.1, -0.05) is 18.2 Å². The molecule has 5 nitrogen and oxygen atoms in total. The Bertz CT molecular complexity index is 389. The van der Waals surface area contributed by atoms with E-state index in [0.29, 0.717) is 0 Å². The molecule has 92 valence electrons. The molecule has 0 aliphatic carbocycles. The maximum Gasteiger partial charge on any atom is 0.262 e. The van der Waals surface area contributed by atoms with Crippen molar-refractivity contribution in [2.24, 2.45) is 0 Å². The summed E-state index contributed by atoms with van der Waals surface area (Å²) >= 11 is 0. The highest BCUT2D eigenvalue weighted by Gasteiger charge is 1.95. The normalized spacial score (nSPS) is 11.3. The molecule has 6 heteroatoms. The van der Waals surface area contributed by atoms with Gasteiger partial charge >= 0.3 is 0 Å². The third kappa shape index (κ3) is 12.9. The lowest BCUT2D eigenvalue weighted by Crippen LogP contribution is -2.27. The van der Waals surface area contributed by atoms with E-state index in [9.17, 15) is 13.0 Å². The first kappa shape index (κ1) is 14.9. The molecule has 16 heavy (non-hydrogen) atoms. The van der Waals surface area contributed by atoms with Gasteiger partial charge in [-0.15, -0.1) is 0 Å². The van der Waals surface area contributed by atoms with Crippen LogP contribution in [0.25, 0.3) is 0 Å². The maximum absolute atomic E-state index is 10.0. The van der Waals surface area contributed by atoms with E-state index in [4.69, 9.17) is 0 Å². The molecule has 0 fully saturated rings. The van der Waals surface area contributed by atoms with Crippen molar-refractivity contribution in [2.75, 3.05) is 28.2 Å². The molecule has 0 radical (unpaired) electrons. The van der Waals surface area contributed by atoms with Crippen molar-refractivity contribution in [1.82, 2.24) is 0 Å². The van der Waals surface area contributed by atoms with E-state index in [1.54, 1.807) is 18.2 Å². The molecule has 0 amide bonds. The highest BCUT2D eigenvalue weighted by molar-refractivity contribution is 7.81. The summed E-state index contributed by atoms with van der Waals surface area (Å²) in [7, 11) is 3.87. The molecule has 0 unspecified atom stereocenters. The van der Waals surface area contributed by atoms with Crippen LogP contribution in [0.4, 0.5) is 0 Å². The monoisotopic (exact) mass is 247 g/mol. The fraction of sp³-hybridized carbons (Fsp3) is 0.400. The lowest BCUT2D eigenvalue weighted by Gasteiger charge is -2.14. The lowest BCUT2D eigenvalue weighted by molar-refractivity contribution is -0.849. The average Bonchev–Trinajstić information content (AvgIpc) is 1.99. The first-order valence-corrected chi connectivity index (χ1v) is 5.90. The Kier molecular flexibility index (Phi) is 5.43. The SMILES string of the molecule is C[N+](C)(C)C.O=S(=O)([O-])Oc1ccccc1. The Hall–Kier alpha value is -1.11. The Balaban J connectivity index is 0.000000385. The van der Waals surface area contributed by atoms with Crippen LogP contribution in [0.3, 0.4) is 0 Å². The number of hydrogen-bond donors (Lipinski definition) is 0. The van der Waals surface area contributed by atoms with Gasteiger partial charge in [-0.05, 0) is 12.1 Å². The zero-order valence-corrected chi connectivity index (χ0v) is 10.7. The van der Waals surface area contributed by atoms with Crippen LogP contribution >= 0.6 is 0 Å². The predicted molar refractivity (Wildman–Crippen MR) is 60.7 cm³/mol. The van der Waals surface area contributed by atoms with Crippen LogP contribution in [0, 0.1) is 0 Å². The van der Waals surface area contributed by atoms with Gasteiger partial charge in [0, 0.05) is 0 Å². The first-order chi connectivity index (χ1) is 7.08. The van der Waals surface area contributed by atoms with Crippen LogP contribution < -0.4 is 4.18 Å². The predicted octanol–water partition coefficient (Wildman–Crippen LogP) is 0.848. The van der Waals surface area contributed by atoms with Gasteiger partial charge in [0.15, 0.2) is 0 Å². The number of hydrogen-bond acceptors (Lipinski definition) is 4. The summed E-state index contributed by atoms with van der Waals surface area (Å²) in [5.74, 6) is 0.0301. The molecule has 0 bridgehead atoms. The Morgan fingerprint density at radius 1 is 1.06 bits per heavy atom. The summed E-state index contributed by atoms with van der Waals surface area (Å²) in [5.41, 5.74) is 0. The molecule has 1 aromatic rings. The molecule has 0 N–H and O–H groups in total. The van der Waals surface area contributed by atoms with Gasteiger partial charge in [0.2, 0.25) is 0 Å². The molecule has 0 saturated heterocycles. The molecule has 0 saturated carbocycles. The van der Waals surface area contributed by atoms with E-state index in [-0.39, 0.29) is 5.75 Å². The van der Waals surface area contributed by atoms with Crippen molar-refractivity contribution in [3.8, 4) is 5.75 Å². The Labute approximate surface area is 96.8 Å². The van der Waals surface area contributed by atoms with Crippen molar-refractivity contribution in [1.29, 1.82) is 0 Å². The number of benzene rings is 1. The standard InChI is InChI=1S/C6H6O4S.C4H12N/c7-11(8,9)10-6-4-2-1-3-5-6;1-5(2,3)4/h1-5H,(H,7,8,9);1-4H3/q;+1/p-1. The van der Waals surface area contributed by atoms with Gasteiger partial charge in [0.05, 0.1) is 28.2 Å². The number of para-hydroxylation sites is 1. The highest BCUT2D eigenvalue weighted by atomic mass is 32.3. The van der Waals surface area contributed by atoms with Gasteiger partial charge in [-0.2, -0.15) is 0 Å². The second-order valence-electron chi connectivity index (χ2n) is 4.49. The van der Waals surface area contributed by atoms with Crippen LogP contribution in [0.15, 0.2) is 30.3 Å². The third-order valence-electron chi connectivity index (χ3n) is 0.941. The molecular weight excluding hydrogens is 230 g/mol. The van der Waals surface area contributed by atoms with Gasteiger partial charge in [0.1, 0.15) is 5.75 Å². The van der Waals surface area contributed by atoms with Crippen LogP contribution in [0.2, 0.25) is 0 Å². The van der Waals surface area contributed by atoms with Gasteiger partial charge in [-0.25, -0.2) is 8.42 Å². The molecule has 0 heterocycles. The van der Waals surface area contributed by atoms with Crippen molar-refractivity contribution >= 4 is 10.4 Å². The lowest BCUT2D eigenvalue weighted by atomic mass is 10.3. The smallest absolute Gasteiger partial charge is 0.262 e. The molecule has 1 aromatic carbocycles. The summed E-state index contributed by atoms with van der Waals surface area (Å²) in [5, 5.41) is 0. The van der Waals surface area contributed by atoms with Gasteiger partial charge in [-0.3, -0.25) is 0 Å². The van der Waals surface area contributed by atoms with Crippen molar-refractivity contribution < 1.29 is 21.6 Å². The Morgan fingerprint density at radius 2 is 1.44 bits per heavy atom. The maximum atomic E-state index is 10.0. The minimum atomic E-state index is -4.63. The van der Waals surface area contributed by atoms with E-state index >= 15 is 0 Å². The number of quaternary nitrogens is 1. The van der Waals surface area contributed by atoms with Crippen LogP contribution in [-0.4, -0.2) is 45.6 Å². The van der Waals surface area contributed by atoms with E-state index in [1.807, 2.05) is 0 Å². The number of nitrogens with zero attached hydrogens (tertiary/aromatic N) is 1. The van der Waals surface area contributed by atoms with Crippen LogP contribution in [-0.2, 0) is 10.4 Å². The highest BCUT2D eigenvalue weighted by Crippen LogP contribution is 2.09. The molecule has 0 aromatic heterocycles. The van der Waals surface area contributed by atoms with Crippen molar-refractivity contribution in [2.45, 2.75) is 0 Å². The average molecular weight is 247 g/mol. The van der Waals surface area contributed by atoms with Crippen LogP contribution in [0.1, 0.15) is 0 Å². The summed E-state index contributed by atoms with van der Waals surface area (Å²) in [6.45, 7) is 0. The van der Waals surface area contributed by atoms with E-state index in [0.717, 1.165) is 4.48 Å². The topological polar surface area (TPSA) is 66.4 Å². The minimum absolute atomic E-state index is 0.0301. The number of rotatable bonds is 2. The minimum Gasteiger partial charge on any atom is -0.716 e. The van der Waals surface area contributed by atoms with E-state index in [1.165, 1.54) is 12.1 Å². The molecule has 0 aliphatic heterocycles. The zero-order chi connectivity index (χ0) is 12.8. The first-order valence-electron chi connectivity index (χ1n) is 4.57. The molecule has 0 spiro atoms. The summed E-state index contributed by atoms with van der Waals surface area (Å²) in [6, 6.07) is 7.59. The van der Waals surface area contributed by atoms with Crippen molar-refractivity contribution in [3.05, 3.63) is 30.3 Å². The second kappa shape index (κ2) is 5.83. The van der Waals surface area contributed by atoms with Crippen LogP contribution in [0.5, 0.6) is 5.75 Å². The van der Waals surface area contributed by atoms with E-state index in [2.05, 4.69) is 32.4 Å². The molecule has 0 atom stereocenters. The quantitative estimate of drug-likeness (QED) is 0.441. The summed E-state index contributed by atoms with van der Waals surface area (Å²) < 4.78 is 35.1. The summed E-state index contributed by atoms with van der Waals surface area (Å²) in [4.78, 5) is 0. The fourth-order valence-electron chi connectivity index (χ4n) is 0.594. The third-order valence-corrected chi connectivity index (χ3v) is 1.34. The van der Waals surface area contributed by atoms with E-state index < -0.39 is 10.4 Å². The second-order valence-corrected chi connectivity index (χ2v) is 5.47. The zero-order valence-electron chi connectivity index (χ0n) is 9.88. The largest absolute Gasteiger partial charge is 0.716 e. The van der Waals surface area contributed by atoms with Crippen molar-refractivity contribution in [3.63, 3.8) is 0 Å². The molecule has 1 rings (SSSR count). The van der Waals surface area contributed by atoms with Gasteiger partial charge in [0.25, 0.3) is 10.4 Å². The van der Waals surface area contributed by atoms with Gasteiger partial charge < -0.3 is 13.2 Å². The summed E-state index contributed by atoms with van der Waals surface area (Å²) in [6.07, 6.45) is 0.